The predicted octanol–water partition coefficient (Wildman–Crippen LogP) is 3.92. The zero-order chi connectivity index (χ0) is 18.4. The van der Waals surface area contributed by atoms with Crippen LogP contribution in [0.2, 0.25) is 0 Å². The van der Waals surface area contributed by atoms with Crippen LogP contribution in [0.5, 0.6) is 5.75 Å². The minimum Gasteiger partial charge on any atom is -0.497 e. The van der Waals surface area contributed by atoms with E-state index in [2.05, 4.69) is 17.1 Å². The highest BCUT2D eigenvalue weighted by atomic mass is 32.2. The normalized spacial score (nSPS) is 19.0. The Kier molecular flexibility index (Phi) is 6.12. The number of hydrogen-bond donors (Lipinski definition) is 0. The number of methoxy groups -OCH3 is 1. The Morgan fingerprint density at radius 3 is 2.77 bits per heavy atom. The molecule has 0 radical (unpaired) electrons. The monoisotopic (exact) mass is 371 g/mol. The summed E-state index contributed by atoms with van der Waals surface area (Å²) in [5, 5.41) is 8.86. The molecule has 1 aliphatic heterocycles. The summed E-state index contributed by atoms with van der Waals surface area (Å²) in [7, 11) is 1.63. The molecular formula is C19H21N3O3S. The molecule has 136 valence electrons. The maximum absolute atomic E-state index is 12.8. The number of furan rings is 1. The van der Waals surface area contributed by atoms with E-state index >= 15 is 0 Å². The summed E-state index contributed by atoms with van der Waals surface area (Å²) in [5.74, 6) is 1.49. The number of benzene rings is 1. The summed E-state index contributed by atoms with van der Waals surface area (Å²) in [4.78, 5) is 14.5. The summed E-state index contributed by atoms with van der Waals surface area (Å²) in [5.41, 5.74) is 1.01. The lowest BCUT2D eigenvalue weighted by atomic mass is 10.2. The van der Waals surface area contributed by atoms with Gasteiger partial charge in [0.2, 0.25) is 5.91 Å². The van der Waals surface area contributed by atoms with Gasteiger partial charge in [-0.1, -0.05) is 37.2 Å². The Morgan fingerprint density at radius 1 is 1.31 bits per heavy atom. The van der Waals surface area contributed by atoms with Crippen LogP contribution >= 0.6 is 11.8 Å². The number of carbonyl (C=O) groups excluding carboxylic acids is 1. The molecule has 1 aromatic carbocycles. The van der Waals surface area contributed by atoms with Gasteiger partial charge in [0.05, 0.1) is 31.4 Å². The van der Waals surface area contributed by atoms with E-state index in [0.29, 0.717) is 17.5 Å². The molecule has 0 aliphatic carbocycles. The summed E-state index contributed by atoms with van der Waals surface area (Å²) in [6, 6.07) is 11.3. The van der Waals surface area contributed by atoms with Gasteiger partial charge in [0.15, 0.2) is 5.17 Å². The first kappa shape index (κ1) is 18.3. The minimum absolute atomic E-state index is 0.0830. The van der Waals surface area contributed by atoms with Crippen LogP contribution in [0.4, 0.5) is 0 Å². The Balaban J connectivity index is 1.78. The van der Waals surface area contributed by atoms with Gasteiger partial charge >= 0.3 is 0 Å². The fraction of sp³-hybridized carbons (Fsp3) is 0.316. The number of carbonyl (C=O) groups is 1. The van der Waals surface area contributed by atoms with Crippen molar-refractivity contribution in [3.05, 3.63) is 54.0 Å². The third-order valence-electron chi connectivity index (χ3n) is 3.94. The highest BCUT2D eigenvalue weighted by Gasteiger charge is 2.37. The summed E-state index contributed by atoms with van der Waals surface area (Å²) in [6.07, 6.45) is 4.89. The molecule has 1 aliphatic rings. The van der Waals surface area contributed by atoms with E-state index in [1.807, 2.05) is 24.3 Å². The zero-order valence-electron chi connectivity index (χ0n) is 14.8. The number of nitrogens with zero attached hydrogens (tertiary/aromatic N) is 3. The molecule has 1 saturated heterocycles. The van der Waals surface area contributed by atoms with Crippen LogP contribution in [0.25, 0.3) is 0 Å². The van der Waals surface area contributed by atoms with Crippen LogP contribution in [0.1, 0.15) is 31.1 Å². The Labute approximate surface area is 156 Å². The van der Waals surface area contributed by atoms with E-state index in [1.54, 1.807) is 30.4 Å². The third-order valence-corrected chi connectivity index (χ3v) is 5.18. The molecule has 0 N–H and O–H groups in total. The minimum atomic E-state index is -0.101. The van der Waals surface area contributed by atoms with Crippen molar-refractivity contribution in [3.63, 3.8) is 0 Å². The first-order valence-electron chi connectivity index (χ1n) is 8.46. The van der Waals surface area contributed by atoms with Crippen LogP contribution in [-0.2, 0) is 11.3 Å². The number of thioether (sulfide) groups is 1. The van der Waals surface area contributed by atoms with Gasteiger partial charge in [-0.05, 0) is 36.2 Å². The van der Waals surface area contributed by atoms with Crippen LogP contribution in [0.15, 0.2) is 57.3 Å². The average molecular weight is 371 g/mol. The molecule has 7 heteroatoms. The highest BCUT2D eigenvalue weighted by molar-refractivity contribution is 8.15. The second-order valence-corrected chi connectivity index (χ2v) is 6.98. The molecule has 1 amide bonds. The SMILES string of the molecule is CCCC1SC(=NN=Cc2ccco2)N(Cc2ccc(OC)cc2)C1=O. The fourth-order valence-electron chi connectivity index (χ4n) is 2.59. The van der Waals surface area contributed by atoms with Crippen molar-refractivity contribution in [2.45, 2.75) is 31.6 Å². The molecule has 6 nitrogen and oxygen atoms in total. The first-order valence-corrected chi connectivity index (χ1v) is 9.34. The number of amidine groups is 1. The van der Waals surface area contributed by atoms with Gasteiger partial charge in [0.25, 0.3) is 0 Å². The standard InChI is InChI=1S/C19H21N3O3S/c1-3-5-17-18(23)22(13-14-7-9-15(24-2)10-8-14)19(26-17)21-20-12-16-6-4-11-25-16/h4,6-12,17H,3,5,13H2,1-2H3. The molecule has 1 atom stereocenters. The van der Waals surface area contributed by atoms with E-state index < -0.39 is 0 Å². The predicted molar refractivity (Wildman–Crippen MR) is 104 cm³/mol. The van der Waals surface area contributed by atoms with Gasteiger partial charge in [-0.15, -0.1) is 5.10 Å². The summed E-state index contributed by atoms with van der Waals surface area (Å²) >= 11 is 1.47. The molecule has 0 bridgehead atoms. The van der Waals surface area contributed by atoms with E-state index in [9.17, 15) is 4.79 Å². The second kappa shape index (κ2) is 8.71. The maximum atomic E-state index is 12.8. The number of rotatable bonds is 7. The summed E-state index contributed by atoms with van der Waals surface area (Å²) < 4.78 is 10.4. The lowest BCUT2D eigenvalue weighted by Gasteiger charge is -2.16. The maximum Gasteiger partial charge on any atom is 0.242 e. The van der Waals surface area contributed by atoms with Crippen molar-refractivity contribution in [2.24, 2.45) is 10.2 Å². The van der Waals surface area contributed by atoms with Gasteiger partial charge < -0.3 is 9.15 Å². The van der Waals surface area contributed by atoms with Crippen molar-refractivity contribution in [1.29, 1.82) is 0 Å². The van der Waals surface area contributed by atoms with Gasteiger partial charge in [-0.3, -0.25) is 9.69 Å². The van der Waals surface area contributed by atoms with Crippen LogP contribution in [0, 0.1) is 0 Å². The highest BCUT2D eigenvalue weighted by Crippen LogP contribution is 2.31. The Morgan fingerprint density at radius 2 is 2.12 bits per heavy atom. The van der Waals surface area contributed by atoms with Crippen LogP contribution < -0.4 is 4.74 Å². The van der Waals surface area contributed by atoms with Crippen molar-refractivity contribution in [1.82, 2.24) is 4.90 Å². The third kappa shape index (κ3) is 4.35. The molecule has 1 fully saturated rings. The van der Waals surface area contributed by atoms with E-state index in [0.717, 1.165) is 24.2 Å². The number of hydrogen-bond acceptors (Lipinski definition) is 6. The van der Waals surface area contributed by atoms with Gasteiger partial charge in [-0.25, -0.2) is 0 Å². The molecule has 2 aromatic rings. The lowest BCUT2D eigenvalue weighted by Crippen LogP contribution is -2.31. The first-order chi connectivity index (χ1) is 12.7. The Hall–Kier alpha value is -2.54. The Bertz CT molecular complexity index is 785. The van der Waals surface area contributed by atoms with Gasteiger partial charge in [0.1, 0.15) is 11.5 Å². The molecular weight excluding hydrogens is 350 g/mol. The zero-order valence-corrected chi connectivity index (χ0v) is 15.6. The van der Waals surface area contributed by atoms with E-state index in [-0.39, 0.29) is 11.2 Å². The lowest BCUT2D eigenvalue weighted by molar-refractivity contribution is -0.126. The quantitative estimate of drug-likeness (QED) is 0.546. The molecule has 0 spiro atoms. The molecule has 26 heavy (non-hydrogen) atoms. The molecule has 3 rings (SSSR count). The van der Waals surface area contributed by atoms with Crippen molar-refractivity contribution < 1.29 is 13.9 Å². The molecule has 1 unspecified atom stereocenters. The smallest absolute Gasteiger partial charge is 0.242 e. The van der Waals surface area contributed by atoms with Crippen molar-refractivity contribution in [3.8, 4) is 5.75 Å². The van der Waals surface area contributed by atoms with Gasteiger partial charge in [-0.2, -0.15) is 5.10 Å². The van der Waals surface area contributed by atoms with Crippen LogP contribution in [0.3, 0.4) is 0 Å². The van der Waals surface area contributed by atoms with E-state index in [1.165, 1.54) is 18.0 Å². The number of ether oxygens (including phenoxy) is 1. The molecule has 2 heterocycles. The largest absolute Gasteiger partial charge is 0.497 e. The second-order valence-electron chi connectivity index (χ2n) is 5.81. The fourth-order valence-corrected chi connectivity index (χ4v) is 3.80. The van der Waals surface area contributed by atoms with E-state index in [4.69, 9.17) is 9.15 Å². The van der Waals surface area contributed by atoms with Gasteiger partial charge in [0, 0.05) is 0 Å². The summed E-state index contributed by atoms with van der Waals surface area (Å²) in [6.45, 7) is 2.54. The van der Waals surface area contributed by atoms with Crippen LogP contribution in [-0.4, -0.2) is 34.5 Å². The molecule has 1 aromatic heterocycles. The average Bonchev–Trinajstić information content (AvgIpc) is 3.27. The molecule has 0 saturated carbocycles. The topological polar surface area (TPSA) is 67.4 Å². The number of amides is 1. The van der Waals surface area contributed by atoms with Crippen molar-refractivity contribution in [2.75, 3.05) is 7.11 Å². The van der Waals surface area contributed by atoms with Crippen molar-refractivity contribution >= 4 is 29.1 Å².